The summed E-state index contributed by atoms with van der Waals surface area (Å²) in [5.41, 5.74) is 5.32. The van der Waals surface area contributed by atoms with Gasteiger partial charge in [-0.25, -0.2) is 0 Å². The summed E-state index contributed by atoms with van der Waals surface area (Å²) in [7, 11) is 0. The van der Waals surface area contributed by atoms with Gasteiger partial charge in [0.25, 0.3) is 0 Å². The third-order valence-electron chi connectivity index (χ3n) is 4.91. The number of ether oxygens (including phenoxy) is 1. The van der Waals surface area contributed by atoms with E-state index in [2.05, 4.69) is 50.2 Å². The van der Waals surface area contributed by atoms with Crippen LogP contribution in [0.3, 0.4) is 0 Å². The van der Waals surface area contributed by atoms with Gasteiger partial charge in [0, 0.05) is 16.8 Å². The molecule has 0 amide bonds. The zero-order valence-corrected chi connectivity index (χ0v) is 17.3. The van der Waals surface area contributed by atoms with E-state index < -0.39 is 0 Å². The molecule has 0 bridgehead atoms. The van der Waals surface area contributed by atoms with Gasteiger partial charge < -0.3 is 4.74 Å². The maximum atomic E-state index is 6.18. The Bertz CT molecular complexity index is 1200. The third kappa shape index (κ3) is 4.49. The molecule has 0 radical (unpaired) electrons. The van der Waals surface area contributed by atoms with Gasteiger partial charge in [0.05, 0.1) is 5.69 Å². The number of hydrogen-bond acceptors (Lipinski definition) is 2. The van der Waals surface area contributed by atoms with Crippen LogP contribution in [0.15, 0.2) is 83.9 Å². The molecule has 0 saturated carbocycles. The van der Waals surface area contributed by atoms with Gasteiger partial charge in [-0.1, -0.05) is 66.2 Å². The van der Waals surface area contributed by atoms with E-state index in [0.29, 0.717) is 11.6 Å². The van der Waals surface area contributed by atoms with Crippen LogP contribution in [0.1, 0.15) is 22.3 Å². The first-order valence-electron chi connectivity index (χ1n) is 9.60. The van der Waals surface area contributed by atoms with E-state index in [1.807, 2.05) is 48.7 Å². The maximum Gasteiger partial charge on any atom is 0.129 e. The van der Waals surface area contributed by atoms with Crippen molar-refractivity contribution in [3.8, 4) is 5.75 Å². The minimum Gasteiger partial charge on any atom is -0.488 e. The van der Waals surface area contributed by atoms with Crippen LogP contribution < -0.4 is 4.74 Å². The first-order chi connectivity index (χ1) is 14.1. The van der Waals surface area contributed by atoms with Crippen LogP contribution in [-0.4, -0.2) is 6.21 Å². The van der Waals surface area contributed by atoms with Crippen LogP contribution in [0.5, 0.6) is 5.75 Å². The first kappa shape index (κ1) is 19.2. The minimum absolute atomic E-state index is 0.448. The van der Waals surface area contributed by atoms with Crippen LogP contribution in [0.4, 0.5) is 5.69 Å². The van der Waals surface area contributed by atoms with Gasteiger partial charge in [0.1, 0.15) is 12.4 Å². The lowest BCUT2D eigenvalue weighted by Gasteiger charge is -2.12. The zero-order valence-electron chi connectivity index (χ0n) is 16.5. The van der Waals surface area contributed by atoms with Crippen molar-refractivity contribution in [2.24, 2.45) is 4.99 Å². The topological polar surface area (TPSA) is 21.6 Å². The van der Waals surface area contributed by atoms with E-state index in [0.717, 1.165) is 38.9 Å². The largest absolute Gasteiger partial charge is 0.488 e. The number of rotatable bonds is 5. The van der Waals surface area contributed by atoms with Crippen molar-refractivity contribution in [3.05, 3.63) is 106 Å². The van der Waals surface area contributed by atoms with Gasteiger partial charge in [-0.2, -0.15) is 0 Å². The second kappa shape index (κ2) is 8.50. The number of fused-ring (bicyclic) bond motifs is 1. The molecule has 0 spiro atoms. The molecule has 0 aliphatic heterocycles. The van der Waals surface area contributed by atoms with Crippen molar-refractivity contribution >= 4 is 34.3 Å². The highest BCUT2D eigenvalue weighted by molar-refractivity contribution is 6.30. The molecule has 144 valence electrons. The van der Waals surface area contributed by atoms with Crippen molar-refractivity contribution in [1.29, 1.82) is 0 Å². The van der Waals surface area contributed by atoms with Crippen LogP contribution in [-0.2, 0) is 6.61 Å². The Labute approximate surface area is 176 Å². The fraction of sp³-hybridized carbons (Fsp3) is 0.115. The molecule has 0 aliphatic rings. The fourth-order valence-corrected chi connectivity index (χ4v) is 3.53. The van der Waals surface area contributed by atoms with Crippen molar-refractivity contribution in [2.45, 2.75) is 20.5 Å². The normalized spacial score (nSPS) is 11.3. The Morgan fingerprint density at radius 2 is 1.76 bits per heavy atom. The molecule has 0 atom stereocenters. The Balaban J connectivity index is 1.72. The van der Waals surface area contributed by atoms with Gasteiger partial charge >= 0.3 is 0 Å². The Morgan fingerprint density at radius 1 is 0.897 bits per heavy atom. The summed E-state index contributed by atoms with van der Waals surface area (Å²) in [4.78, 5) is 4.79. The van der Waals surface area contributed by atoms with Crippen molar-refractivity contribution in [2.75, 3.05) is 0 Å². The molecule has 0 saturated heterocycles. The molecule has 0 heterocycles. The standard InChI is InChI=1S/C26H22ClNO/c1-18-10-11-19(2)25(14-18)28-16-24-23-9-4-3-7-21(23)12-13-26(24)29-17-20-6-5-8-22(27)15-20/h3-16H,17H2,1-2H3. The smallest absolute Gasteiger partial charge is 0.129 e. The van der Waals surface area contributed by atoms with E-state index in [4.69, 9.17) is 21.3 Å². The summed E-state index contributed by atoms with van der Waals surface area (Å²) < 4.78 is 6.18. The molecule has 3 heteroatoms. The van der Waals surface area contributed by atoms with Crippen molar-refractivity contribution in [3.63, 3.8) is 0 Å². The molecule has 0 N–H and O–H groups in total. The van der Waals surface area contributed by atoms with Crippen LogP contribution >= 0.6 is 11.6 Å². The number of nitrogens with zero attached hydrogens (tertiary/aromatic N) is 1. The van der Waals surface area contributed by atoms with E-state index in [1.54, 1.807) is 0 Å². The quantitative estimate of drug-likeness (QED) is 0.319. The molecular weight excluding hydrogens is 378 g/mol. The molecule has 0 unspecified atom stereocenters. The molecule has 2 nitrogen and oxygen atoms in total. The fourth-order valence-electron chi connectivity index (χ4n) is 3.32. The van der Waals surface area contributed by atoms with E-state index >= 15 is 0 Å². The summed E-state index contributed by atoms with van der Waals surface area (Å²) in [6.45, 7) is 4.60. The molecular formula is C26H22ClNO. The van der Waals surface area contributed by atoms with E-state index in [-0.39, 0.29) is 0 Å². The number of halogens is 1. The summed E-state index contributed by atoms with van der Waals surface area (Å²) in [6, 6.07) is 26.4. The summed E-state index contributed by atoms with van der Waals surface area (Å²) >= 11 is 6.10. The second-order valence-corrected chi connectivity index (χ2v) is 7.60. The maximum absolute atomic E-state index is 6.18. The average Bonchev–Trinajstić information content (AvgIpc) is 2.73. The number of aliphatic imine (C=N–C) groups is 1. The van der Waals surface area contributed by atoms with Crippen molar-refractivity contribution in [1.82, 2.24) is 0 Å². The summed E-state index contributed by atoms with van der Waals surface area (Å²) in [5.74, 6) is 0.803. The second-order valence-electron chi connectivity index (χ2n) is 7.17. The summed E-state index contributed by atoms with van der Waals surface area (Å²) in [5, 5.41) is 2.98. The van der Waals surface area contributed by atoms with Gasteiger partial charge in [-0.15, -0.1) is 0 Å². The molecule has 0 fully saturated rings. The highest BCUT2D eigenvalue weighted by atomic mass is 35.5. The molecule has 4 aromatic rings. The highest BCUT2D eigenvalue weighted by Crippen LogP contribution is 2.29. The predicted molar refractivity (Wildman–Crippen MR) is 123 cm³/mol. The molecule has 0 aromatic heterocycles. The van der Waals surface area contributed by atoms with Crippen LogP contribution in [0.25, 0.3) is 10.8 Å². The number of hydrogen-bond donors (Lipinski definition) is 0. The monoisotopic (exact) mass is 399 g/mol. The number of benzene rings is 4. The van der Waals surface area contributed by atoms with E-state index in [9.17, 15) is 0 Å². The lowest BCUT2D eigenvalue weighted by molar-refractivity contribution is 0.306. The Hall–Kier alpha value is -3.10. The van der Waals surface area contributed by atoms with Gasteiger partial charge in [-0.3, -0.25) is 4.99 Å². The van der Waals surface area contributed by atoms with Gasteiger partial charge in [-0.05, 0) is 65.6 Å². The van der Waals surface area contributed by atoms with Gasteiger partial charge in [0.15, 0.2) is 0 Å². The van der Waals surface area contributed by atoms with Crippen molar-refractivity contribution < 1.29 is 4.74 Å². The van der Waals surface area contributed by atoms with E-state index in [1.165, 1.54) is 5.56 Å². The highest BCUT2D eigenvalue weighted by Gasteiger charge is 2.08. The first-order valence-corrected chi connectivity index (χ1v) is 9.98. The third-order valence-corrected chi connectivity index (χ3v) is 5.15. The minimum atomic E-state index is 0.448. The molecule has 4 rings (SSSR count). The lowest BCUT2D eigenvalue weighted by atomic mass is 10.0. The lowest BCUT2D eigenvalue weighted by Crippen LogP contribution is -1.99. The average molecular weight is 400 g/mol. The summed E-state index contributed by atoms with van der Waals surface area (Å²) in [6.07, 6.45) is 1.91. The van der Waals surface area contributed by atoms with Crippen LogP contribution in [0.2, 0.25) is 5.02 Å². The molecule has 0 aliphatic carbocycles. The molecule has 29 heavy (non-hydrogen) atoms. The zero-order chi connectivity index (χ0) is 20.2. The Kier molecular flexibility index (Phi) is 5.64. The Morgan fingerprint density at radius 3 is 2.62 bits per heavy atom. The molecule has 4 aromatic carbocycles. The predicted octanol–water partition coefficient (Wildman–Crippen LogP) is 7.44. The number of aryl methyl sites for hydroxylation is 2. The SMILES string of the molecule is Cc1ccc(C)c(N=Cc2c(OCc3cccc(Cl)c3)ccc3ccccc23)c1. The van der Waals surface area contributed by atoms with Gasteiger partial charge in [0.2, 0.25) is 0 Å². The van der Waals surface area contributed by atoms with Crippen LogP contribution in [0, 0.1) is 13.8 Å².